The lowest BCUT2D eigenvalue weighted by Gasteiger charge is -2.35. The molecule has 1 heterocycles. The molecule has 1 saturated heterocycles. The smallest absolute Gasteiger partial charge is 0.261 e. The Balaban J connectivity index is 1.46. The second-order valence-electron chi connectivity index (χ2n) is 8.43. The van der Waals surface area contributed by atoms with E-state index >= 15 is 0 Å². The summed E-state index contributed by atoms with van der Waals surface area (Å²) in [5.41, 5.74) is 2.47. The number of carbonyl (C=O) groups excluding carboxylic acids is 1. The summed E-state index contributed by atoms with van der Waals surface area (Å²) < 4.78 is 46.9. The summed E-state index contributed by atoms with van der Waals surface area (Å²) in [6.45, 7) is 4.78. The lowest BCUT2D eigenvalue weighted by molar-refractivity contribution is 0.0162. The van der Waals surface area contributed by atoms with Crippen LogP contribution in [0.2, 0.25) is 0 Å². The summed E-state index contributed by atoms with van der Waals surface area (Å²) in [6.07, 6.45) is 0. The second-order valence-corrected chi connectivity index (χ2v) is 10.1. The van der Waals surface area contributed by atoms with Crippen LogP contribution in [0.15, 0.2) is 77.7 Å². The number of sulfonamides is 1. The molecule has 0 bridgehead atoms. The zero-order chi connectivity index (χ0) is 24.8. The molecule has 0 unspecified atom stereocenters. The van der Waals surface area contributed by atoms with E-state index in [-0.39, 0.29) is 22.7 Å². The first-order valence-corrected chi connectivity index (χ1v) is 12.9. The zero-order valence-corrected chi connectivity index (χ0v) is 20.2. The van der Waals surface area contributed by atoms with Crippen LogP contribution in [0.4, 0.5) is 10.1 Å². The fourth-order valence-electron chi connectivity index (χ4n) is 3.98. The van der Waals surface area contributed by atoms with E-state index in [4.69, 9.17) is 4.74 Å². The fraction of sp³-hybridized carbons (Fsp3) is 0.269. The number of aryl methyl sites for hydroxylation is 1. The topological polar surface area (TPSA) is 87.7 Å². The number of carbonyl (C=O) groups is 1. The Bertz CT molecular complexity index is 1260. The van der Waals surface area contributed by atoms with E-state index in [1.165, 1.54) is 30.3 Å². The lowest BCUT2D eigenvalue weighted by atomic mass is 10.0. The van der Waals surface area contributed by atoms with Crippen LogP contribution in [-0.2, 0) is 14.8 Å². The van der Waals surface area contributed by atoms with Gasteiger partial charge in [0, 0.05) is 30.9 Å². The van der Waals surface area contributed by atoms with Crippen LogP contribution < -0.4 is 10.0 Å². The van der Waals surface area contributed by atoms with Crippen molar-refractivity contribution in [3.8, 4) is 0 Å². The molecule has 1 aliphatic rings. The molecule has 0 aromatic heterocycles. The van der Waals surface area contributed by atoms with Crippen molar-refractivity contribution in [2.75, 3.05) is 37.6 Å². The number of halogens is 1. The van der Waals surface area contributed by atoms with Crippen molar-refractivity contribution in [2.45, 2.75) is 17.9 Å². The minimum atomic E-state index is -3.78. The highest BCUT2D eigenvalue weighted by Gasteiger charge is 2.24. The van der Waals surface area contributed by atoms with E-state index < -0.39 is 10.0 Å². The molecule has 2 N–H and O–H groups in total. The van der Waals surface area contributed by atoms with Crippen molar-refractivity contribution in [3.05, 3.63) is 95.3 Å². The van der Waals surface area contributed by atoms with E-state index in [1.54, 1.807) is 42.5 Å². The highest BCUT2D eigenvalue weighted by atomic mass is 32.2. The first kappa shape index (κ1) is 24.8. The Hall–Kier alpha value is -3.27. The van der Waals surface area contributed by atoms with Gasteiger partial charge in [-0.25, -0.2) is 12.8 Å². The molecule has 184 valence electrons. The maximum absolute atomic E-state index is 13.5. The van der Waals surface area contributed by atoms with Gasteiger partial charge in [0.1, 0.15) is 5.82 Å². The average Bonchev–Trinajstić information content (AvgIpc) is 2.86. The lowest BCUT2D eigenvalue weighted by Crippen LogP contribution is -2.43. The monoisotopic (exact) mass is 497 g/mol. The molecule has 0 spiro atoms. The maximum Gasteiger partial charge on any atom is 0.261 e. The summed E-state index contributed by atoms with van der Waals surface area (Å²) in [7, 11) is -3.78. The maximum atomic E-state index is 13.5. The normalized spacial score (nSPS) is 15.4. The molecule has 1 fully saturated rings. The van der Waals surface area contributed by atoms with Gasteiger partial charge in [0.2, 0.25) is 0 Å². The van der Waals surface area contributed by atoms with Gasteiger partial charge in [-0.2, -0.15) is 0 Å². The molecule has 0 radical (unpaired) electrons. The standard InChI is InChI=1S/C26H28FN3O4S/c1-19-5-11-24(12-6-19)35(32,33)29-23-4-2-3-21(17-23)26(31)28-18-25(30-13-15-34-16-14-30)20-7-9-22(27)10-8-20/h2-12,17,25,29H,13-16,18H2,1H3,(H,28,31)/t25-/m1/s1. The minimum absolute atomic E-state index is 0.144. The molecule has 35 heavy (non-hydrogen) atoms. The summed E-state index contributed by atoms with van der Waals surface area (Å²) >= 11 is 0. The van der Waals surface area contributed by atoms with E-state index in [1.807, 2.05) is 6.92 Å². The van der Waals surface area contributed by atoms with Gasteiger partial charge < -0.3 is 10.1 Å². The highest BCUT2D eigenvalue weighted by molar-refractivity contribution is 7.92. The first-order chi connectivity index (χ1) is 16.8. The fourth-order valence-corrected chi connectivity index (χ4v) is 5.03. The van der Waals surface area contributed by atoms with Crippen LogP contribution >= 0.6 is 0 Å². The summed E-state index contributed by atoms with van der Waals surface area (Å²) in [5, 5.41) is 2.95. The van der Waals surface area contributed by atoms with Crippen molar-refractivity contribution in [2.24, 2.45) is 0 Å². The molecule has 4 rings (SSSR count). The molecule has 3 aromatic carbocycles. The van der Waals surface area contributed by atoms with Gasteiger partial charge in [-0.1, -0.05) is 35.9 Å². The number of morpholine rings is 1. The van der Waals surface area contributed by atoms with Crippen molar-refractivity contribution in [1.29, 1.82) is 0 Å². The largest absolute Gasteiger partial charge is 0.379 e. The molecule has 1 aliphatic heterocycles. The number of nitrogens with zero attached hydrogens (tertiary/aromatic N) is 1. The van der Waals surface area contributed by atoms with Crippen molar-refractivity contribution in [3.63, 3.8) is 0 Å². The predicted octanol–water partition coefficient (Wildman–Crippen LogP) is 3.74. The van der Waals surface area contributed by atoms with Gasteiger partial charge in [0.05, 0.1) is 24.2 Å². The van der Waals surface area contributed by atoms with Crippen LogP contribution in [-0.4, -0.2) is 52.1 Å². The number of hydrogen-bond acceptors (Lipinski definition) is 5. The molecule has 1 amide bonds. The number of rotatable bonds is 8. The van der Waals surface area contributed by atoms with Gasteiger partial charge in [-0.05, 0) is 55.0 Å². The number of anilines is 1. The van der Waals surface area contributed by atoms with Gasteiger partial charge in [-0.3, -0.25) is 14.4 Å². The third-order valence-corrected chi connectivity index (χ3v) is 7.30. The third-order valence-electron chi connectivity index (χ3n) is 5.91. The molecule has 7 nitrogen and oxygen atoms in total. The predicted molar refractivity (Wildman–Crippen MR) is 132 cm³/mol. The number of benzene rings is 3. The minimum Gasteiger partial charge on any atom is -0.379 e. The van der Waals surface area contributed by atoms with Crippen LogP contribution in [0, 0.1) is 12.7 Å². The SMILES string of the molecule is Cc1ccc(S(=O)(=O)Nc2cccc(C(=O)NC[C@H](c3ccc(F)cc3)N3CCOCC3)c2)cc1. The van der Waals surface area contributed by atoms with Gasteiger partial charge in [-0.15, -0.1) is 0 Å². The molecule has 3 aromatic rings. The van der Waals surface area contributed by atoms with Crippen LogP contribution in [0.3, 0.4) is 0 Å². The molecule has 0 aliphatic carbocycles. The van der Waals surface area contributed by atoms with Crippen molar-refractivity contribution < 1.29 is 22.3 Å². The van der Waals surface area contributed by atoms with E-state index in [0.717, 1.165) is 11.1 Å². The molecular formula is C26H28FN3O4S. The summed E-state index contributed by atoms with van der Waals surface area (Å²) in [5.74, 6) is -0.648. The number of amides is 1. The van der Waals surface area contributed by atoms with E-state index in [9.17, 15) is 17.6 Å². The summed E-state index contributed by atoms with van der Waals surface area (Å²) in [6, 6.07) is 19.0. The Morgan fingerprint density at radius 3 is 2.40 bits per heavy atom. The van der Waals surface area contributed by atoms with Crippen LogP contribution in [0.25, 0.3) is 0 Å². The Labute approximate surface area is 205 Å². The summed E-state index contributed by atoms with van der Waals surface area (Å²) in [4.78, 5) is 15.3. The van der Waals surface area contributed by atoms with Crippen molar-refractivity contribution >= 4 is 21.6 Å². The number of nitrogens with one attached hydrogen (secondary N) is 2. The van der Waals surface area contributed by atoms with Crippen molar-refractivity contribution in [1.82, 2.24) is 10.2 Å². The number of ether oxygens (including phenoxy) is 1. The highest BCUT2D eigenvalue weighted by Crippen LogP contribution is 2.22. The van der Waals surface area contributed by atoms with Gasteiger partial charge in [0.15, 0.2) is 0 Å². The molecular weight excluding hydrogens is 469 g/mol. The Morgan fingerprint density at radius 1 is 1.03 bits per heavy atom. The quantitative estimate of drug-likeness (QED) is 0.495. The average molecular weight is 498 g/mol. The molecule has 9 heteroatoms. The van der Waals surface area contributed by atoms with Gasteiger partial charge in [0.25, 0.3) is 15.9 Å². The zero-order valence-electron chi connectivity index (χ0n) is 19.4. The third kappa shape index (κ3) is 6.45. The Morgan fingerprint density at radius 2 is 1.71 bits per heavy atom. The molecule has 1 atom stereocenters. The first-order valence-electron chi connectivity index (χ1n) is 11.4. The number of hydrogen-bond donors (Lipinski definition) is 2. The Kier molecular flexibility index (Phi) is 7.80. The van der Waals surface area contributed by atoms with E-state index in [2.05, 4.69) is 14.9 Å². The molecule has 0 saturated carbocycles. The van der Waals surface area contributed by atoms with Gasteiger partial charge >= 0.3 is 0 Å². The van der Waals surface area contributed by atoms with E-state index in [0.29, 0.717) is 44.1 Å². The second kappa shape index (κ2) is 11.0. The van der Waals surface area contributed by atoms with Crippen LogP contribution in [0.5, 0.6) is 0 Å². The van der Waals surface area contributed by atoms with Crippen LogP contribution in [0.1, 0.15) is 27.5 Å².